The molecule has 0 aromatic rings. The van der Waals surface area contributed by atoms with E-state index in [9.17, 15) is 30.0 Å². The molecule has 3 saturated heterocycles. The number of ketones is 1. The fourth-order valence-corrected chi connectivity index (χ4v) is 9.92. The van der Waals surface area contributed by atoms with E-state index in [1.807, 2.05) is 72.8 Å². The molecule has 0 saturated carbocycles. The summed E-state index contributed by atoms with van der Waals surface area (Å²) in [5.41, 5.74) is 6.48. The lowest BCUT2D eigenvalue weighted by Crippen LogP contribution is -2.28. The molecule has 4 N–H and O–H groups in total. The molecule has 72 heavy (non-hydrogen) atoms. The Labute approximate surface area is 436 Å². The van der Waals surface area contributed by atoms with E-state index < -0.39 is 22.9 Å². The van der Waals surface area contributed by atoms with Gasteiger partial charge in [0.1, 0.15) is 6.29 Å². The van der Waals surface area contributed by atoms with Crippen molar-refractivity contribution in [2.24, 2.45) is 0 Å². The number of rotatable bonds is 7. The lowest BCUT2D eigenvalue weighted by Gasteiger charge is -2.27. The van der Waals surface area contributed by atoms with Crippen LogP contribution in [-0.2, 0) is 23.8 Å². The maximum Gasteiger partial charge on any atom is 0.162 e. The summed E-state index contributed by atoms with van der Waals surface area (Å²) in [7, 11) is 0. The van der Waals surface area contributed by atoms with Gasteiger partial charge in [0, 0.05) is 12.8 Å². The number of hydrogen-bond donors (Lipinski definition) is 4. The highest BCUT2D eigenvalue weighted by Gasteiger charge is 2.52. The van der Waals surface area contributed by atoms with Gasteiger partial charge in [0.2, 0.25) is 0 Å². The van der Waals surface area contributed by atoms with Crippen LogP contribution >= 0.6 is 0 Å². The van der Waals surface area contributed by atoms with Crippen molar-refractivity contribution >= 4 is 12.1 Å². The Kier molecular flexibility index (Phi) is 22.5. The van der Waals surface area contributed by atoms with Crippen LogP contribution in [-0.4, -0.2) is 90.5 Å². The fraction of sp³-hybridized carbons (Fsp3) is 0.683. The van der Waals surface area contributed by atoms with Gasteiger partial charge in [-0.1, -0.05) is 92.2 Å². The molecule has 0 radical (unpaired) electrons. The van der Waals surface area contributed by atoms with Crippen LogP contribution in [0.25, 0.3) is 0 Å². The molecule has 0 spiro atoms. The molecular weight excluding hydrogens is 901 g/mol. The van der Waals surface area contributed by atoms with Gasteiger partial charge in [0.25, 0.3) is 0 Å². The Balaban J connectivity index is 0.000000234. The second-order valence-corrected chi connectivity index (χ2v) is 23.5. The van der Waals surface area contributed by atoms with Gasteiger partial charge in [0.05, 0.1) is 58.0 Å². The van der Waals surface area contributed by atoms with Crippen molar-refractivity contribution in [3.63, 3.8) is 0 Å². The summed E-state index contributed by atoms with van der Waals surface area (Å²) < 4.78 is 17.7. The third-order valence-corrected chi connectivity index (χ3v) is 17.2. The number of aliphatic hydroxyl groups is 4. The molecule has 6 rings (SSSR count). The highest BCUT2D eigenvalue weighted by Crippen LogP contribution is 2.46. The maximum atomic E-state index is 12.5. The van der Waals surface area contributed by atoms with Gasteiger partial charge in [0.15, 0.2) is 5.78 Å². The average Bonchev–Trinajstić information content (AvgIpc) is 4.29. The Morgan fingerprint density at radius 3 is 1.40 bits per heavy atom. The van der Waals surface area contributed by atoms with E-state index in [1.54, 1.807) is 6.92 Å². The molecule has 0 bridgehead atoms. The van der Waals surface area contributed by atoms with E-state index in [1.165, 1.54) is 16.7 Å². The molecule has 9 heteroatoms. The number of aliphatic hydroxyl groups excluding tert-OH is 1. The first kappa shape index (κ1) is 61.3. The van der Waals surface area contributed by atoms with Crippen LogP contribution in [0.2, 0.25) is 0 Å². The molecule has 0 aromatic carbocycles. The van der Waals surface area contributed by atoms with Gasteiger partial charge in [-0.25, -0.2) is 0 Å². The van der Waals surface area contributed by atoms with Crippen LogP contribution < -0.4 is 0 Å². The van der Waals surface area contributed by atoms with Crippen molar-refractivity contribution in [3.8, 4) is 0 Å². The normalized spacial score (nSPS) is 39.2. The third kappa shape index (κ3) is 18.5. The Bertz CT molecular complexity index is 2130. The lowest BCUT2D eigenvalue weighted by atomic mass is 9.86. The number of hydrogen-bond acceptors (Lipinski definition) is 9. The smallest absolute Gasteiger partial charge is 0.162 e. The van der Waals surface area contributed by atoms with Crippen molar-refractivity contribution in [1.29, 1.82) is 0 Å². The predicted octanol–water partition coefficient (Wildman–Crippen LogP) is 13.8. The largest absolute Gasteiger partial charge is 0.388 e. The molecule has 6 aliphatic rings. The SMILES string of the molecule is CCC(C)(O)/C1=C/C=C(\C)CCC2OC2(C)CC/C=C(\C)C(=O)C1.CCC(C)(O)/C1=C/C=C(\C)CCC2OC2(C)CC/C=C(\C)C(O)C1.CCC(C)(O)/C1=C/C=C(\C)CCC2OC2(C)CC/C=C(\C=O)CC1. The summed E-state index contributed by atoms with van der Waals surface area (Å²) in [6.07, 6.45) is 35.7. The number of aldehydes is 1. The number of Topliss-reactive ketones (excluding diaryl/α,β-unsaturated/α-hetero) is 1. The minimum absolute atomic E-state index is 0.0121. The van der Waals surface area contributed by atoms with Crippen LogP contribution in [0.4, 0.5) is 0 Å². The van der Waals surface area contributed by atoms with Crippen molar-refractivity contribution < 1.29 is 44.2 Å². The van der Waals surface area contributed by atoms with Crippen molar-refractivity contribution in [2.75, 3.05) is 0 Å². The standard InChI is InChI=1S/C21H34O3.2C21H32O3/c2*1-6-20(4,23)17-11-9-15(2)10-12-19-21(5,24-19)13-7-8-16(3)18(22)14-17;1-5-20(3,23)18-11-8-16(2)9-13-19-21(4,24-19)14-6-7-17(15-22)10-12-18/h8-9,11,18-19,22-23H,6-7,10,12-14H2,1-5H3;8-9,11,19,23H,6-7,10,12-14H2,1-5H3;7-8,11,15,19,23H,5-6,9-10,12-14H2,1-4H3/b2*15-9+,16-8+,17-11+;16-8+,17-7-,18-11+. The molecule has 3 aliphatic carbocycles. The monoisotopic (exact) mass is 999 g/mol. The number of epoxide rings is 3. The number of fused-ring (bicyclic) bond motifs is 3. The minimum Gasteiger partial charge on any atom is -0.388 e. The second-order valence-electron chi connectivity index (χ2n) is 23.5. The van der Waals surface area contributed by atoms with E-state index in [4.69, 9.17) is 14.2 Å². The molecule has 3 fully saturated rings. The molecule has 0 aromatic heterocycles. The van der Waals surface area contributed by atoms with Crippen LogP contribution in [0.5, 0.6) is 0 Å². The van der Waals surface area contributed by atoms with Crippen LogP contribution in [0.15, 0.2) is 105 Å². The topological polar surface area (TPSA) is 153 Å². The van der Waals surface area contributed by atoms with Crippen LogP contribution in [0.1, 0.15) is 219 Å². The zero-order valence-corrected chi connectivity index (χ0v) is 47.3. The van der Waals surface area contributed by atoms with Crippen LogP contribution in [0, 0.1) is 0 Å². The summed E-state index contributed by atoms with van der Waals surface area (Å²) in [4.78, 5) is 23.9. The molecule has 3 aliphatic heterocycles. The summed E-state index contributed by atoms with van der Waals surface area (Å²) in [6.45, 7) is 28.2. The van der Waals surface area contributed by atoms with Gasteiger partial charge in [-0.05, 0) is 219 Å². The summed E-state index contributed by atoms with van der Waals surface area (Å²) in [5.74, 6) is 0.0940. The molecule has 10 unspecified atom stereocenters. The zero-order chi connectivity index (χ0) is 53.7. The van der Waals surface area contributed by atoms with Crippen molar-refractivity contribution in [1.82, 2.24) is 0 Å². The Morgan fingerprint density at radius 2 is 0.958 bits per heavy atom. The molecule has 10 atom stereocenters. The first-order chi connectivity index (χ1) is 33.7. The quantitative estimate of drug-likeness (QED) is 0.111. The van der Waals surface area contributed by atoms with E-state index in [0.717, 1.165) is 117 Å². The summed E-state index contributed by atoms with van der Waals surface area (Å²) in [6, 6.07) is 0. The number of ether oxygens (including phenoxy) is 3. The average molecular weight is 999 g/mol. The van der Waals surface area contributed by atoms with Gasteiger partial charge in [-0.15, -0.1) is 0 Å². The van der Waals surface area contributed by atoms with Crippen molar-refractivity contribution in [2.45, 2.75) is 277 Å². The van der Waals surface area contributed by atoms with Gasteiger partial charge in [-0.2, -0.15) is 0 Å². The molecule has 9 nitrogen and oxygen atoms in total. The number of allylic oxidation sites excluding steroid dienone is 14. The summed E-state index contributed by atoms with van der Waals surface area (Å²) >= 11 is 0. The number of carbonyl (C=O) groups excluding carboxylic acids is 2. The first-order valence-electron chi connectivity index (χ1n) is 27.7. The highest BCUT2D eigenvalue weighted by atomic mass is 16.6. The van der Waals surface area contributed by atoms with E-state index in [2.05, 4.69) is 71.9 Å². The Hall–Kier alpha value is -3.28. The van der Waals surface area contributed by atoms with E-state index in [-0.39, 0.29) is 29.0 Å². The summed E-state index contributed by atoms with van der Waals surface area (Å²) in [5, 5.41) is 42.5. The highest BCUT2D eigenvalue weighted by molar-refractivity contribution is 5.96. The van der Waals surface area contributed by atoms with Gasteiger partial charge < -0.3 is 34.6 Å². The van der Waals surface area contributed by atoms with Gasteiger partial charge >= 0.3 is 0 Å². The molecular formula is C63H98O9. The number of carbonyl (C=O) groups is 2. The fourth-order valence-electron chi connectivity index (χ4n) is 9.92. The van der Waals surface area contributed by atoms with Crippen molar-refractivity contribution in [3.05, 3.63) is 105 Å². The maximum absolute atomic E-state index is 12.5. The molecule has 404 valence electrons. The third-order valence-electron chi connectivity index (χ3n) is 17.2. The Morgan fingerprint density at radius 1 is 0.569 bits per heavy atom. The van der Waals surface area contributed by atoms with E-state index in [0.29, 0.717) is 56.8 Å². The predicted molar refractivity (Wildman–Crippen MR) is 295 cm³/mol. The zero-order valence-electron chi connectivity index (χ0n) is 47.3. The lowest BCUT2D eigenvalue weighted by molar-refractivity contribution is -0.115. The van der Waals surface area contributed by atoms with E-state index >= 15 is 0 Å². The molecule has 0 amide bonds. The van der Waals surface area contributed by atoms with Crippen LogP contribution in [0.3, 0.4) is 0 Å². The van der Waals surface area contributed by atoms with Gasteiger partial charge in [-0.3, -0.25) is 9.59 Å². The minimum atomic E-state index is -0.942. The first-order valence-corrected chi connectivity index (χ1v) is 27.7. The molecule has 3 heterocycles. The second kappa shape index (κ2) is 26.5.